The SMILES string of the molecule is CCOC(=O)c1nc([C@H](Cc2ccc(Cl)cc2)NC(=O)OC(C)(C)C)no1. The molecule has 1 amide bonds. The lowest BCUT2D eigenvalue weighted by Crippen LogP contribution is -2.36. The Morgan fingerprint density at radius 2 is 1.93 bits per heavy atom. The molecule has 0 bridgehead atoms. The standard InChI is InChI=1S/C18H22ClN3O5/c1-5-25-16(23)15-21-14(22-27-15)13(20-17(24)26-18(2,3)4)10-11-6-8-12(19)9-7-11/h6-9,13H,5,10H2,1-4H3,(H,20,24)/t13-/m0/s1. The summed E-state index contributed by atoms with van der Waals surface area (Å²) in [4.78, 5) is 28.0. The van der Waals surface area contributed by atoms with Crippen molar-refractivity contribution in [2.75, 3.05) is 6.61 Å². The molecule has 8 nitrogen and oxygen atoms in total. The number of amides is 1. The second-order valence-corrected chi connectivity index (χ2v) is 7.14. The number of ether oxygens (including phenoxy) is 2. The van der Waals surface area contributed by atoms with Crippen LogP contribution in [0.1, 0.15) is 55.8 Å². The minimum absolute atomic E-state index is 0.138. The van der Waals surface area contributed by atoms with Crippen molar-refractivity contribution in [1.29, 1.82) is 0 Å². The molecule has 1 aromatic heterocycles. The summed E-state index contributed by atoms with van der Waals surface area (Å²) in [5.41, 5.74) is 0.213. The van der Waals surface area contributed by atoms with E-state index in [0.717, 1.165) is 5.56 Å². The van der Waals surface area contributed by atoms with Gasteiger partial charge in [-0.15, -0.1) is 0 Å². The van der Waals surface area contributed by atoms with Gasteiger partial charge in [-0.2, -0.15) is 4.98 Å². The molecular formula is C18H22ClN3O5. The van der Waals surface area contributed by atoms with Crippen molar-refractivity contribution in [1.82, 2.24) is 15.5 Å². The Morgan fingerprint density at radius 3 is 2.52 bits per heavy atom. The molecule has 1 N–H and O–H groups in total. The third kappa shape index (κ3) is 6.56. The lowest BCUT2D eigenvalue weighted by atomic mass is 10.1. The van der Waals surface area contributed by atoms with E-state index in [2.05, 4.69) is 15.5 Å². The first-order valence-corrected chi connectivity index (χ1v) is 8.80. The molecule has 0 radical (unpaired) electrons. The van der Waals surface area contributed by atoms with E-state index in [0.29, 0.717) is 11.4 Å². The number of hydrogen-bond acceptors (Lipinski definition) is 7. The van der Waals surface area contributed by atoms with Gasteiger partial charge in [0.25, 0.3) is 0 Å². The number of rotatable bonds is 6. The zero-order valence-corrected chi connectivity index (χ0v) is 16.4. The number of esters is 1. The Labute approximate surface area is 162 Å². The topological polar surface area (TPSA) is 104 Å². The molecule has 2 aromatic rings. The average Bonchev–Trinajstić information content (AvgIpc) is 3.05. The zero-order valence-electron chi connectivity index (χ0n) is 15.6. The summed E-state index contributed by atoms with van der Waals surface area (Å²) in [5.74, 6) is -0.864. The van der Waals surface area contributed by atoms with E-state index < -0.39 is 23.7 Å². The fraction of sp³-hybridized carbons (Fsp3) is 0.444. The molecule has 27 heavy (non-hydrogen) atoms. The van der Waals surface area contributed by atoms with Crippen LogP contribution in [0.25, 0.3) is 0 Å². The highest BCUT2D eigenvalue weighted by Gasteiger charge is 2.26. The molecule has 0 unspecified atom stereocenters. The summed E-state index contributed by atoms with van der Waals surface area (Å²) in [6.45, 7) is 7.12. The quantitative estimate of drug-likeness (QED) is 0.743. The molecule has 1 atom stereocenters. The maximum atomic E-state index is 12.2. The van der Waals surface area contributed by atoms with Gasteiger partial charge in [0.15, 0.2) is 5.82 Å². The fourth-order valence-corrected chi connectivity index (χ4v) is 2.29. The lowest BCUT2D eigenvalue weighted by Gasteiger charge is -2.22. The molecule has 2 rings (SSSR count). The van der Waals surface area contributed by atoms with Crippen LogP contribution in [0.3, 0.4) is 0 Å². The Hall–Kier alpha value is -2.61. The predicted molar refractivity (Wildman–Crippen MR) is 97.5 cm³/mol. The van der Waals surface area contributed by atoms with Gasteiger partial charge < -0.3 is 19.3 Å². The molecule has 0 aliphatic rings. The van der Waals surface area contributed by atoms with Crippen molar-refractivity contribution in [3.05, 3.63) is 46.6 Å². The number of halogens is 1. The molecular weight excluding hydrogens is 374 g/mol. The molecule has 146 valence electrons. The van der Waals surface area contributed by atoms with Crippen LogP contribution >= 0.6 is 11.6 Å². The number of nitrogens with one attached hydrogen (secondary N) is 1. The monoisotopic (exact) mass is 395 g/mol. The number of aromatic nitrogens is 2. The Balaban J connectivity index is 2.21. The van der Waals surface area contributed by atoms with Crippen molar-refractivity contribution in [3.8, 4) is 0 Å². The van der Waals surface area contributed by atoms with Crippen molar-refractivity contribution in [2.45, 2.75) is 45.8 Å². The van der Waals surface area contributed by atoms with Crippen LogP contribution in [0.5, 0.6) is 0 Å². The highest BCUT2D eigenvalue weighted by atomic mass is 35.5. The molecule has 9 heteroatoms. The largest absolute Gasteiger partial charge is 0.459 e. The van der Waals surface area contributed by atoms with E-state index in [4.69, 9.17) is 25.6 Å². The summed E-state index contributed by atoms with van der Waals surface area (Å²) in [6.07, 6.45) is -0.290. The van der Waals surface area contributed by atoms with Crippen molar-refractivity contribution in [2.24, 2.45) is 0 Å². The molecule has 0 aliphatic heterocycles. The molecule has 0 saturated carbocycles. The van der Waals surface area contributed by atoms with E-state index in [1.165, 1.54) is 0 Å². The van der Waals surface area contributed by atoms with Crippen LogP contribution in [0.15, 0.2) is 28.8 Å². The third-order valence-corrected chi connectivity index (χ3v) is 3.50. The lowest BCUT2D eigenvalue weighted by molar-refractivity contribution is 0.0467. The van der Waals surface area contributed by atoms with E-state index >= 15 is 0 Å². The third-order valence-electron chi connectivity index (χ3n) is 3.25. The Morgan fingerprint density at radius 1 is 1.26 bits per heavy atom. The number of nitrogens with zero attached hydrogens (tertiary/aromatic N) is 2. The first-order chi connectivity index (χ1) is 12.7. The number of carbonyl (C=O) groups is 2. The summed E-state index contributed by atoms with van der Waals surface area (Å²) in [6, 6.07) is 6.44. The van der Waals surface area contributed by atoms with Crippen LogP contribution in [0.2, 0.25) is 5.02 Å². The molecule has 1 aromatic carbocycles. The van der Waals surface area contributed by atoms with Gasteiger partial charge >= 0.3 is 18.0 Å². The second-order valence-electron chi connectivity index (χ2n) is 6.71. The van der Waals surface area contributed by atoms with Gasteiger partial charge in [-0.3, -0.25) is 0 Å². The summed E-state index contributed by atoms with van der Waals surface area (Å²) in [5, 5.41) is 7.10. The molecule has 0 fully saturated rings. The summed E-state index contributed by atoms with van der Waals surface area (Å²) < 4.78 is 15.1. The molecule has 0 aliphatic carbocycles. The predicted octanol–water partition coefficient (Wildman–Crippen LogP) is 3.71. The average molecular weight is 396 g/mol. The van der Waals surface area contributed by atoms with Crippen LogP contribution in [-0.4, -0.2) is 34.4 Å². The van der Waals surface area contributed by atoms with Gasteiger partial charge in [0.1, 0.15) is 5.60 Å². The number of benzene rings is 1. The second kappa shape index (κ2) is 8.85. The number of carbonyl (C=O) groups excluding carboxylic acids is 2. The van der Waals surface area contributed by atoms with E-state index in [9.17, 15) is 9.59 Å². The normalized spacial score (nSPS) is 12.3. The van der Waals surface area contributed by atoms with Gasteiger partial charge in [0.2, 0.25) is 0 Å². The van der Waals surface area contributed by atoms with Crippen LogP contribution in [0, 0.1) is 0 Å². The maximum Gasteiger partial charge on any atom is 0.408 e. The minimum atomic E-state index is -0.723. The van der Waals surface area contributed by atoms with Crippen LogP contribution < -0.4 is 5.32 Å². The number of hydrogen-bond donors (Lipinski definition) is 1. The van der Waals surface area contributed by atoms with Gasteiger partial charge in [-0.25, -0.2) is 9.59 Å². The van der Waals surface area contributed by atoms with Gasteiger partial charge in [-0.05, 0) is 45.4 Å². The van der Waals surface area contributed by atoms with Crippen molar-refractivity contribution < 1.29 is 23.6 Å². The summed E-state index contributed by atoms with van der Waals surface area (Å²) in [7, 11) is 0. The van der Waals surface area contributed by atoms with Gasteiger partial charge in [0, 0.05) is 11.4 Å². The first-order valence-electron chi connectivity index (χ1n) is 8.42. The highest BCUT2D eigenvalue weighted by molar-refractivity contribution is 6.30. The first kappa shape index (κ1) is 20.7. The van der Waals surface area contributed by atoms with Crippen molar-refractivity contribution in [3.63, 3.8) is 0 Å². The van der Waals surface area contributed by atoms with E-state index in [1.807, 2.05) is 12.1 Å². The number of alkyl carbamates (subject to hydrolysis) is 1. The smallest absolute Gasteiger partial charge is 0.408 e. The maximum absolute atomic E-state index is 12.2. The summed E-state index contributed by atoms with van der Waals surface area (Å²) >= 11 is 5.91. The Bertz CT molecular complexity index is 783. The van der Waals surface area contributed by atoms with Crippen LogP contribution in [0.4, 0.5) is 4.79 Å². The fourth-order valence-electron chi connectivity index (χ4n) is 2.17. The van der Waals surface area contributed by atoms with Gasteiger partial charge in [-0.1, -0.05) is 28.9 Å². The molecule has 0 saturated heterocycles. The molecule has 1 heterocycles. The van der Waals surface area contributed by atoms with E-state index in [1.54, 1.807) is 39.8 Å². The van der Waals surface area contributed by atoms with Crippen molar-refractivity contribution >= 4 is 23.7 Å². The highest BCUT2D eigenvalue weighted by Crippen LogP contribution is 2.19. The van der Waals surface area contributed by atoms with Crippen LogP contribution in [-0.2, 0) is 15.9 Å². The van der Waals surface area contributed by atoms with Gasteiger partial charge in [0.05, 0.1) is 12.6 Å². The van der Waals surface area contributed by atoms with E-state index in [-0.39, 0.29) is 18.3 Å². The Kier molecular flexibility index (Phi) is 6.79. The molecule has 0 spiro atoms. The zero-order chi connectivity index (χ0) is 20.0. The minimum Gasteiger partial charge on any atom is -0.459 e.